The van der Waals surface area contributed by atoms with E-state index in [1.54, 1.807) is 25.3 Å². The highest BCUT2D eigenvalue weighted by Crippen LogP contribution is 2.30. The van der Waals surface area contributed by atoms with Crippen molar-refractivity contribution in [1.82, 2.24) is 5.32 Å². The molecule has 1 aromatic heterocycles. The number of hydrogen-bond donors (Lipinski definition) is 2. The zero-order valence-electron chi connectivity index (χ0n) is 18.1. The van der Waals surface area contributed by atoms with E-state index in [-0.39, 0.29) is 12.4 Å². The predicted molar refractivity (Wildman–Crippen MR) is 125 cm³/mol. The molecule has 0 fully saturated rings. The Hall–Kier alpha value is -3.26. The molecule has 8 heteroatoms. The Bertz CT molecular complexity index is 1190. The zero-order chi connectivity index (χ0) is 23.3. The van der Waals surface area contributed by atoms with Gasteiger partial charge in [0.15, 0.2) is 6.61 Å². The molecule has 0 aliphatic heterocycles. The molecule has 1 atom stereocenters. The SMILES string of the molecule is CSC[C@H](NC(=O)COc1ccc2c(C)c(Cc3ccccc3)c(=O)oc2c1C)C(=O)O. The summed E-state index contributed by atoms with van der Waals surface area (Å²) in [5, 5.41) is 12.4. The van der Waals surface area contributed by atoms with Gasteiger partial charge in [0.1, 0.15) is 17.4 Å². The molecule has 168 valence electrons. The summed E-state index contributed by atoms with van der Waals surface area (Å²) in [6, 6.07) is 12.2. The Morgan fingerprint density at radius 2 is 1.84 bits per heavy atom. The van der Waals surface area contributed by atoms with Gasteiger partial charge >= 0.3 is 11.6 Å². The Morgan fingerprint density at radius 1 is 1.12 bits per heavy atom. The topological polar surface area (TPSA) is 106 Å². The zero-order valence-corrected chi connectivity index (χ0v) is 19.0. The van der Waals surface area contributed by atoms with Gasteiger partial charge in [0.25, 0.3) is 5.91 Å². The first kappa shape index (κ1) is 23.4. The van der Waals surface area contributed by atoms with Crippen LogP contribution in [0.1, 0.15) is 22.3 Å². The Labute approximate surface area is 189 Å². The lowest BCUT2D eigenvalue weighted by Crippen LogP contribution is -2.44. The molecule has 0 bridgehead atoms. The molecule has 2 aromatic carbocycles. The van der Waals surface area contributed by atoms with E-state index in [0.29, 0.717) is 28.9 Å². The molecule has 1 amide bonds. The highest BCUT2D eigenvalue weighted by molar-refractivity contribution is 7.98. The number of ether oxygens (including phenoxy) is 1. The minimum absolute atomic E-state index is 0.256. The standard InChI is InChI=1S/C24H25NO6S/c1-14-17-9-10-20(30-12-21(26)25-19(13-32-3)23(27)28)15(2)22(17)31-24(29)18(14)11-16-7-5-4-6-8-16/h4-10,19H,11-13H2,1-3H3,(H,25,26)(H,27,28)/t19-/m0/s1. The third-order valence-electron chi connectivity index (χ3n) is 5.20. The first-order chi connectivity index (χ1) is 15.3. The third kappa shape index (κ3) is 5.31. The summed E-state index contributed by atoms with van der Waals surface area (Å²) in [5.41, 5.74) is 3.07. The third-order valence-corrected chi connectivity index (χ3v) is 5.87. The minimum atomic E-state index is -1.10. The molecule has 0 saturated carbocycles. The molecule has 32 heavy (non-hydrogen) atoms. The number of amides is 1. The number of fused-ring (bicyclic) bond motifs is 1. The molecule has 0 saturated heterocycles. The van der Waals surface area contributed by atoms with E-state index < -0.39 is 23.5 Å². The van der Waals surface area contributed by atoms with Crippen LogP contribution in [0.25, 0.3) is 11.0 Å². The van der Waals surface area contributed by atoms with Crippen LogP contribution in [0.5, 0.6) is 5.75 Å². The highest BCUT2D eigenvalue weighted by atomic mass is 32.2. The maximum absolute atomic E-state index is 12.7. The lowest BCUT2D eigenvalue weighted by Gasteiger charge is -2.15. The Morgan fingerprint density at radius 3 is 2.50 bits per heavy atom. The van der Waals surface area contributed by atoms with Crippen LogP contribution >= 0.6 is 11.8 Å². The van der Waals surface area contributed by atoms with E-state index in [0.717, 1.165) is 16.5 Å². The number of rotatable bonds is 9. The van der Waals surface area contributed by atoms with Crippen molar-refractivity contribution in [2.24, 2.45) is 0 Å². The van der Waals surface area contributed by atoms with Crippen molar-refractivity contribution in [3.63, 3.8) is 0 Å². The van der Waals surface area contributed by atoms with Crippen LogP contribution < -0.4 is 15.7 Å². The molecule has 7 nitrogen and oxygen atoms in total. The molecule has 3 aromatic rings. The second-order valence-electron chi connectivity index (χ2n) is 7.42. The number of aryl methyl sites for hydroxylation is 2. The van der Waals surface area contributed by atoms with E-state index in [1.807, 2.05) is 37.3 Å². The maximum Gasteiger partial charge on any atom is 0.340 e. The molecular formula is C24H25NO6S. The van der Waals surface area contributed by atoms with Crippen molar-refractivity contribution in [1.29, 1.82) is 0 Å². The number of aliphatic carboxylic acids is 1. The molecule has 1 heterocycles. The summed E-state index contributed by atoms with van der Waals surface area (Å²) in [5.74, 6) is -0.992. The van der Waals surface area contributed by atoms with Crippen LogP contribution in [0, 0.1) is 13.8 Å². The van der Waals surface area contributed by atoms with Crippen molar-refractivity contribution in [3.8, 4) is 5.75 Å². The summed E-state index contributed by atoms with van der Waals surface area (Å²) in [4.78, 5) is 36.0. The normalized spacial score (nSPS) is 11.8. The van der Waals surface area contributed by atoms with Gasteiger partial charge in [-0.2, -0.15) is 11.8 Å². The highest BCUT2D eigenvalue weighted by Gasteiger charge is 2.20. The van der Waals surface area contributed by atoms with Crippen LogP contribution in [-0.4, -0.2) is 41.6 Å². The maximum atomic E-state index is 12.7. The van der Waals surface area contributed by atoms with Gasteiger partial charge in [0, 0.05) is 28.7 Å². The van der Waals surface area contributed by atoms with Crippen LogP contribution in [-0.2, 0) is 16.0 Å². The lowest BCUT2D eigenvalue weighted by molar-refractivity contribution is -0.141. The van der Waals surface area contributed by atoms with Crippen LogP contribution in [0.15, 0.2) is 51.7 Å². The van der Waals surface area contributed by atoms with Crippen LogP contribution in [0.2, 0.25) is 0 Å². The average molecular weight is 456 g/mol. The summed E-state index contributed by atoms with van der Waals surface area (Å²) in [6.07, 6.45) is 2.24. The first-order valence-electron chi connectivity index (χ1n) is 10.1. The molecule has 0 radical (unpaired) electrons. The number of carboxylic acids is 1. The number of carbonyl (C=O) groups excluding carboxylic acids is 1. The van der Waals surface area contributed by atoms with Crippen molar-refractivity contribution in [2.75, 3.05) is 18.6 Å². The molecule has 3 rings (SSSR count). The van der Waals surface area contributed by atoms with Gasteiger partial charge in [0.2, 0.25) is 0 Å². The van der Waals surface area contributed by atoms with E-state index in [1.165, 1.54) is 11.8 Å². The fourth-order valence-corrected chi connectivity index (χ4v) is 4.01. The number of benzene rings is 2. The molecule has 0 unspecified atom stereocenters. The summed E-state index contributed by atoms with van der Waals surface area (Å²) in [7, 11) is 0. The number of carbonyl (C=O) groups is 2. The van der Waals surface area contributed by atoms with E-state index in [2.05, 4.69) is 5.32 Å². The quantitative estimate of drug-likeness (QED) is 0.477. The Balaban J connectivity index is 1.81. The smallest absolute Gasteiger partial charge is 0.340 e. The number of thioether (sulfide) groups is 1. The fraction of sp³-hybridized carbons (Fsp3) is 0.292. The molecule has 0 spiro atoms. The second-order valence-corrected chi connectivity index (χ2v) is 8.33. The lowest BCUT2D eigenvalue weighted by atomic mass is 9.98. The largest absolute Gasteiger partial charge is 0.483 e. The van der Waals surface area contributed by atoms with Gasteiger partial charge in [-0.15, -0.1) is 0 Å². The van der Waals surface area contributed by atoms with Crippen LogP contribution in [0.3, 0.4) is 0 Å². The first-order valence-corrected chi connectivity index (χ1v) is 11.4. The van der Waals surface area contributed by atoms with Gasteiger partial charge in [-0.3, -0.25) is 4.79 Å². The molecular weight excluding hydrogens is 430 g/mol. The van der Waals surface area contributed by atoms with Gasteiger partial charge in [0.05, 0.1) is 0 Å². The van der Waals surface area contributed by atoms with Crippen molar-refractivity contribution in [3.05, 3.63) is 75.1 Å². The van der Waals surface area contributed by atoms with Gasteiger partial charge in [-0.1, -0.05) is 30.3 Å². The van der Waals surface area contributed by atoms with E-state index in [4.69, 9.17) is 14.3 Å². The molecule has 2 N–H and O–H groups in total. The van der Waals surface area contributed by atoms with Gasteiger partial charge in [-0.25, -0.2) is 9.59 Å². The van der Waals surface area contributed by atoms with Gasteiger partial charge < -0.3 is 19.6 Å². The van der Waals surface area contributed by atoms with Gasteiger partial charge in [-0.05, 0) is 43.4 Å². The van der Waals surface area contributed by atoms with Crippen molar-refractivity contribution < 1.29 is 23.8 Å². The summed E-state index contributed by atoms with van der Waals surface area (Å²) < 4.78 is 11.2. The number of nitrogens with one attached hydrogen (secondary N) is 1. The Kier molecular flexibility index (Phi) is 7.58. The predicted octanol–water partition coefficient (Wildman–Crippen LogP) is 3.31. The number of hydrogen-bond acceptors (Lipinski definition) is 6. The number of carboxylic acid groups (broad SMARTS) is 1. The van der Waals surface area contributed by atoms with Crippen molar-refractivity contribution >= 4 is 34.6 Å². The van der Waals surface area contributed by atoms with E-state index >= 15 is 0 Å². The second kappa shape index (κ2) is 10.4. The van der Waals surface area contributed by atoms with E-state index in [9.17, 15) is 14.4 Å². The molecule has 0 aliphatic carbocycles. The van der Waals surface area contributed by atoms with Crippen molar-refractivity contribution in [2.45, 2.75) is 26.3 Å². The molecule has 0 aliphatic rings. The average Bonchev–Trinajstić information content (AvgIpc) is 2.77. The monoisotopic (exact) mass is 455 g/mol. The minimum Gasteiger partial charge on any atom is -0.483 e. The summed E-state index contributed by atoms with van der Waals surface area (Å²) in [6.45, 7) is 3.30. The fourth-order valence-electron chi connectivity index (χ4n) is 3.45. The van der Waals surface area contributed by atoms with Crippen LogP contribution in [0.4, 0.5) is 0 Å². The summed E-state index contributed by atoms with van der Waals surface area (Å²) >= 11 is 1.32.